The third kappa shape index (κ3) is 3.15. The summed E-state index contributed by atoms with van der Waals surface area (Å²) >= 11 is 0. The molecule has 0 radical (unpaired) electrons. The molecule has 2 nitrogen and oxygen atoms in total. The summed E-state index contributed by atoms with van der Waals surface area (Å²) in [7, 11) is -2.85. The van der Waals surface area contributed by atoms with E-state index in [9.17, 15) is 0 Å². The third-order valence-electron chi connectivity index (χ3n) is 6.87. The second-order valence-electron chi connectivity index (χ2n) is 8.59. The van der Waals surface area contributed by atoms with Gasteiger partial charge < -0.3 is 9.46 Å². The van der Waals surface area contributed by atoms with Gasteiger partial charge in [-0.25, -0.2) is 0 Å². The predicted molar refractivity (Wildman–Crippen MR) is 123 cm³/mol. The highest BCUT2D eigenvalue weighted by Gasteiger charge is 2.53. The van der Waals surface area contributed by atoms with E-state index in [4.69, 9.17) is 0 Å². The van der Waals surface area contributed by atoms with Crippen LogP contribution in [-0.4, -0.2) is 12.3 Å². The Morgan fingerprint density at radius 2 is 1.38 bits per heavy atom. The highest BCUT2D eigenvalue weighted by Crippen LogP contribution is 2.60. The van der Waals surface area contributed by atoms with Gasteiger partial charge in [-0.3, -0.25) is 0 Å². The van der Waals surface area contributed by atoms with E-state index in [2.05, 4.69) is 60.4 Å². The van der Waals surface area contributed by atoms with Crippen molar-refractivity contribution in [3.05, 3.63) is 90.5 Å². The van der Waals surface area contributed by atoms with E-state index < -0.39 is 7.14 Å². The molecular formula is C26H28NOP. The number of rotatable bonds is 4. The summed E-state index contributed by atoms with van der Waals surface area (Å²) in [6.07, 6.45) is 3.70. The molecule has 29 heavy (non-hydrogen) atoms. The molecule has 2 fully saturated rings. The van der Waals surface area contributed by atoms with Crippen molar-refractivity contribution in [3.63, 3.8) is 0 Å². The molecule has 5 rings (SSSR count). The maximum atomic E-state index is 15.2. The molecule has 0 N–H and O–H groups in total. The predicted octanol–water partition coefficient (Wildman–Crippen LogP) is 5.57. The topological polar surface area (TPSA) is 20.3 Å². The lowest BCUT2D eigenvalue weighted by Crippen LogP contribution is -2.39. The van der Waals surface area contributed by atoms with Crippen LogP contribution in [0.2, 0.25) is 0 Å². The van der Waals surface area contributed by atoms with Crippen molar-refractivity contribution in [2.45, 2.75) is 32.0 Å². The Morgan fingerprint density at radius 1 is 0.793 bits per heavy atom. The zero-order valence-corrected chi connectivity index (χ0v) is 17.8. The molecule has 1 saturated carbocycles. The lowest BCUT2D eigenvalue weighted by Gasteiger charge is -2.37. The van der Waals surface area contributed by atoms with E-state index in [0.717, 1.165) is 17.2 Å². The van der Waals surface area contributed by atoms with Crippen LogP contribution in [0.4, 0.5) is 5.69 Å². The first-order valence-corrected chi connectivity index (χ1v) is 12.5. The molecule has 0 unspecified atom stereocenters. The van der Waals surface area contributed by atoms with Crippen LogP contribution in [0.3, 0.4) is 0 Å². The van der Waals surface area contributed by atoms with Crippen molar-refractivity contribution in [3.8, 4) is 0 Å². The second kappa shape index (κ2) is 7.50. The van der Waals surface area contributed by atoms with Crippen LogP contribution in [0.25, 0.3) is 0 Å². The fraction of sp³-hybridized carbons (Fsp3) is 0.308. The second-order valence-corrected chi connectivity index (χ2v) is 11.5. The summed E-state index contributed by atoms with van der Waals surface area (Å²) in [6.45, 7) is 3.14. The van der Waals surface area contributed by atoms with Gasteiger partial charge in [-0.15, -0.1) is 0 Å². The van der Waals surface area contributed by atoms with Gasteiger partial charge in [0.15, 0.2) is 7.14 Å². The van der Waals surface area contributed by atoms with Crippen LogP contribution < -0.4 is 15.5 Å². The fourth-order valence-corrected chi connectivity index (χ4v) is 9.18. The van der Waals surface area contributed by atoms with Crippen molar-refractivity contribution in [1.29, 1.82) is 0 Å². The lowest BCUT2D eigenvalue weighted by atomic mass is 10.0. The summed E-state index contributed by atoms with van der Waals surface area (Å²) in [5.74, 6) is 1.16. The van der Waals surface area contributed by atoms with Crippen LogP contribution in [-0.2, 0) is 4.57 Å². The molecule has 1 aliphatic heterocycles. The van der Waals surface area contributed by atoms with E-state index in [0.29, 0.717) is 11.8 Å². The van der Waals surface area contributed by atoms with Crippen molar-refractivity contribution >= 4 is 23.4 Å². The number of benzene rings is 3. The van der Waals surface area contributed by atoms with Gasteiger partial charge in [-0.2, -0.15) is 0 Å². The van der Waals surface area contributed by atoms with Crippen LogP contribution in [0.1, 0.15) is 24.8 Å². The zero-order chi connectivity index (χ0) is 19.8. The molecule has 3 aromatic rings. The summed E-state index contributed by atoms with van der Waals surface area (Å²) in [6, 6.07) is 29.2. The molecule has 0 amide bonds. The van der Waals surface area contributed by atoms with Gasteiger partial charge in [0.2, 0.25) is 0 Å². The van der Waals surface area contributed by atoms with Gasteiger partial charge in [0.1, 0.15) is 0 Å². The van der Waals surface area contributed by atoms with E-state index in [1.807, 2.05) is 36.4 Å². The van der Waals surface area contributed by atoms with Crippen LogP contribution in [0.15, 0.2) is 84.9 Å². The smallest absolute Gasteiger partial charge is 0.164 e. The molecule has 148 valence electrons. The van der Waals surface area contributed by atoms with E-state index in [1.165, 1.54) is 30.5 Å². The average molecular weight is 401 g/mol. The molecule has 0 spiro atoms. The van der Waals surface area contributed by atoms with Gasteiger partial charge in [0.05, 0.1) is 5.78 Å². The zero-order valence-electron chi connectivity index (χ0n) is 16.9. The standard InChI is InChI=1S/C26H28NOP/c1-20-15-17-22(18-16-20)27-19-21-9-8-14-25(21)26(27)29(28,23-10-4-2-5-11-23)24-12-6-3-7-13-24/h2-7,10-13,15-18,21,25-26H,8-9,14,19H2,1H3/t21-,25-,26+/m0/s1. The third-order valence-corrected chi connectivity index (χ3v) is 10.4. The summed E-state index contributed by atoms with van der Waals surface area (Å²) in [5, 5.41) is 1.97. The number of fused-ring (bicyclic) bond motifs is 1. The lowest BCUT2D eigenvalue weighted by molar-refractivity contribution is 0.467. The molecule has 1 aliphatic carbocycles. The maximum Gasteiger partial charge on any atom is 0.164 e. The Balaban J connectivity index is 1.70. The maximum absolute atomic E-state index is 15.2. The molecule has 0 bridgehead atoms. The van der Waals surface area contributed by atoms with Gasteiger partial charge in [0, 0.05) is 22.8 Å². The number of hydrogen-bond acceptors (Lipinski definition) is 2. The van der Waals surface area contributed by atoms with Crippen LogP contribution >= 0.6 is 7.14 Å². The minimum atomic E-state index is -2.85. The van der Waals surface area contributed by atoms with Crippen molar-refractivity contribution in [2.24, 2.45) is 11.8 Å². The largest absolute Gasteiger partial charge is 0.360 e. The van der Waals surface area contributed by atoms with E-state index in [-0.39, 0.29) is 5.78 Å². The van der Waals surface area contributed by atoms with Crippen molar-refractivity contribution < 1.29 is 4.57 Å². The van der Waals surface area contributed by atoms with Crippen LogP contribution in [0, 0.1) is 18.8 Å². The van der Waals surface area contributed by atoms with Crippen LogP contribution in [0.5, 0.6) is 0 Å². The molecule has 0 aromatic heterocycles. The summed E-state index contributed by atoms with van der Waals surface area (Å²) in [4.78, 5) is 2.48. The summed E-state index contributed by atoms with van der Waals surface area (Å²) < 4.78 is 15.2. The molecular weight excluding hydrogens is 373 g/mol. The first kappa shape index (κ1) is 18.7. The highest BCUT2D eigenvalue weighted by molar-refractivity contribution is 7.79. The highest BCUT2D eigenvalue weighted by atomic mass is 31.2. The first-order chi connectivity index (χ1) is 14.2. The summed E-state index contributed by atoms with van der Waals surface area (Å²) in [5.41, 5.74) is 2.47. The Hall–Kier alpha value is -2.31. The number of anilines is 1. The monoisotopic (exact) mass is 401 g/mol. The molecule has 3 aromatic carbocycles. The number of aryl methyl sites for hydroxylation is 1. The normalized spacial score (nSPS) is 23.9. The molecule has 1 heterocycles. The molecule has 3 heteroatoms. The average Bonchev–Trinajstić information content (AvgIpc) is 3.36. The van der Waals surface area contributed by atoms with E-state index >= 15 is 4.57 Å². The Bertz CT molecular complexity index is 972. The Kier molecular flexibility index (Phi) is 4.84. The fourth-order valence-electron chi connectivity index (χ4n) is 5.49. The minimum Gasteiger partial charge on any atom is -0.360 e. The molecule has 3 atom stereocenters. The molecule has 2 aliphatic rings. The first-order valence-electron chi connectivity index (χ1n) is 10.7. The molecule has 1 saturated heterocycles. The van der Waals surface area contributed by atoms with Gasteiger partial charge in [0.25, 0.3) is 0 Å². The van der Waals surface area contributed by atoms with Gasteiger partial charge in [-0.05, 0) is 43.7 Å². The van der Waals surface area contributed by atoms with Crippen molar-refractivity contribution in [1.82, 2.24) is 0 Å². The van der Waals surface area contributed by atoms with Gasteiger partial charge in [-0.1, -0.05) is 84.8 Å². The number of nitrogens with zero attached hydrogens (tertiary/aromatic N) is 1. The number of hydrogen-bond donors (Lipinski definition) is 0. The quantitative estimate of drug-likeness (QED) is 0.533. The van der Waals surface area contributed by atoms with E-state index in [1.54, 1.807) is 0 Å². The van der Waals surface area contributed by atoms with Gasteiger partial charge >= 0.3 is 0 Å². The SMILES string of the molecule is Cc1ccc(N2C[C@@H]3CCC[C@@H]3[C@H]2P(=O)(c2ccccc2)c2ccccc2)cc1. The minimum absolute atomic E-state index is 0.0301. The Morgan fingerprint density at radius 3 is 1.97 bits per heavy atom. The van der Waals surface area contributed by atoms with Crippen molar-refractivity contribution in [2.75, 3.05) is 11.4 Å². The Labute approximate surface area is 174 Å².